The van der Waals surface area contributed by atoms with Crippen molar-refractivity contribution in [3.8, 4) is 5.75 Å². The number of aryl methyl sites for hydroxylation is 1. The van der Waals surface area contributed by atoms with Crippen LogP contribution in [0, 0.1) is 0 Å². The molecule has 2 amide bonds. The average Bonchev–Trinajstić information content (AvgIpc) is 3.22. The maximum atomic E-state index is 12.3. The average molecular weight is 345 g/mol. The molecule has 0 saturated carbocycles. The number of aromatic nitrogens is 1. The second-order valence-electron chi connectivity index (χ2n) is 5.98. The highest BCUT2D eigenvalue weighted by atomic mass is 32.1. The molecule has 128 valence electrons. The first-order valence-corrected chi connectivity index (χ1v) is 9.11. The lowest BCUT2D eigenvalue weighted by Crippen LogP contribution is -2.38. The number of rotatable bonds is 5. The molecule has 0 radical (unpaired) electrons. The number of nitrogens with one attached hydrogen (secondary N) is 2. The summed E-state index contributed by atoms with van der Waals surface area (Å²) in [6.07, 6.45) is 4.67. The Bertz CT molecular complexity index is 729. The summed E-state index contributed by atoms with van der Waals surface area (Å²) in [6, 6.07) is 5.78. The van der Waals surface area contributed by atoms with Gasteiger partial charge in [0.1, 0.15) is 10.8 Å². The molecule has 0 unspecified atom stereocenters. The number of carbonyl (C=O) groups excluding carboxylic acids is 1. The minimum atomic E-state index is -0.156. The summed E-state index contributed by atoms with van der Waals surface area (Å²) in [5.74, 6) is 0.903. The fraction of sp³-hybridized carbons (Fsp3) is 0.444. The number of hydrogen-bond acceptors (Lipinski definition) is 4. The highest BCUT2D eigenvalue weighted by molar-refractivity contribution is 7.11. The largest absolute Gasteiger partial charge is 0.496 e. The van der Waals surface area contributed by atoms with Crippen molar-refractivity contribution in [1.29, 1.82) is 0 Å². The molecule has 5 nitrogen and oxygen atoms in total. The van der Waals surface area contributed by atoms with E-state index in [2.05, 4.69) is 28.6 Å². The van der Waals surface area contributed by atoms with Crippen molar-refractivity contribution in [2.75, 3.05) is 7.11 Å². The normalized spacial score (nSPS) is 17.2. The zero-order chi connectivity index (χ0) is 17.1. The van der Waals surface area contributed by atoms with Crippen molar-refractivity contribution in [3.05, 3.63) is 45.4 Å². The molecular weight excluding hydrogens is 322 g/mol. The van der Waals surface area contributed by atoms with Gasteiger partial charge in [-0.3, -0.25) is 0 Å². The number of benzene rings is 1. The van der Waals surface area contributed by atoms with E-state index in [0.717, 1.165) is 35.6 Å². The van der Waals surface area contributed by atoms with Gasteiger partial charge in [0.05, 0.1) is 19.2 Å². The Morgan fingerprint density at radius 1 is 1.50 bits per heavy atom. The molecule has 0 fully saturated rings. The van der Waals surface area contributed by atoms with Crippen molar-refractivity contribution >= 4 is 17.4 Å². The predicted molar refractivity (Wildman–Crippen MR) is 95.6 cm³/mol. The van der Waals surface area contributed by atoms with Crippen LogP contribution in [0.25, 0.3) is 0 Å². The van der Waals surface area contributed by atoms with Crippen LogP contribution in [0.3, 0.4) is 0 Å². The van der Waals surface area contributed by atoms with Gasteiger partial charge >= 0.3 is 6.03 Å². The van der Waals surface area contributed by atoms with Gasteiger partial charge in [0.25, 0.3) is 0 Å². The topological polar surface area (TPSA) is 63.2 Å². The third kappa shape index (κ3) is 3.38. The lowest BCUT2D eigenvalue weighted by Gasteiger charge is -2.17. The van der Waals surface area contributed by atoms with Gasteiger partial charge in [-0.15, -0.1) is 11.3 Å². The van der Waals surface area contributed by atoms with Gasteiger partial charge in [0, 0.05) is 11.1 Å². The Kier molecular flexibility index (Phi) is 5.04. The van der Waals surface area contributed by atoms with E-state index in [1.54, 1.807) is 18.4 Å². The lowest BCUT2D eigenvalue weighted by atomic mass is 10.1. The lowest BCUT2D eigenvalue weighted by molar-refractivity contribution is 0.234. The molecule has 2 N–H and O–H groups in total. The number of carbonyl (C=O) groups is 1. The Balaban J connectivity index is 1.62. The summed E-state index contributed by atoms with van der Waals surface area (Å²) in [4.78, 5) is 18.0. The summed E-state index contributed by atoms with van der Waals surface area (Å²) < 4.78 is 5.41. The first kappa shape index (κ1) is 16.8. The Morgan fingerprint density at radius 2 is 2.33 bits per heavy atom. The van der Waals surface area contributed by atoms with E-state index in [-0.39, 0.29) is 18.1 Å². The highest BCUT2D eigenvalue weighted by Crippen LogP contribution is 2.36. The predicted octanol–water partition coefficient (Wildman–Crippen LogP) is 3.76. The molecule has 1 heterocycles. The molecule has 1 aromatic carbocycles. The Labute approximate surface area is 146 Å². The van der Waals surface area contributed by atoms with Gasteiger partial charge in [-0.25, -0.2) is 9.78 Å². The van der Waals surface area contributed by atoms with Crippen LogP contribution in [0.4, 0.5) is 4.79 Å². The number of nitrogens with zero attached hydrogens (tertiary/aromatic N) is 1. The molecule has 1 aromatic heterocycles. The molecule has 3 rings (SSSR count). The van der Waals surface area contributed by atoms with E-state index >= 15 is 0 Å². The molecule has 0 bridgehead atoms. The van der Waals surface area contributed by atoms with Gasteiger partial charge in [0.15, 0.2) is 0 Å². The monoisotopic (exact) mass is 345 g/mol. The minimum Gasteiger partial charge on any atom is -0.496 e. The van der Waals surface area contributed by atoms with Gasteiger partial charge in [-0.05, 0) is 43.4 Å². The number of ether oxygens (including phenoxy) is 1. The summed E-state index contributed by atoms with van der Waals surface area (Å²) in [6.45, 7) is 4.07. The fourth-order valence-corrected chi connectivity index (χ4v) is 3.97. The van der Waals surface area contributed by atoms with E-state index in [9.17, 15) is 4.79 Å². The zero-order valence-electron chi connectivity index (χ0n) is 14.3. The first-order valence-electron chi connectivity index (χ1n) is 8.29. The van der Waals surface area contributed by atoms with Gasteiger partial charge < -0.3 is 15.4 Å². The summed E-state index contributed by atoms with van der Waals surface area (Å²) in [5, 5.41) is 7.01. The van der Waals surface area contributed by atoms with Crippen LogP contribution in [0.1, 0.15) is 53.4 Å². The molecule has 2 atom stereocenters. The van der Waals surface area contributed by atoms with Crippen molar-refractivity contribution in [1.82, 2.24) is 15.6 Å². The van der Waals surface area contributed by atoms with Crippen LogP contribution in [-0.4, -0.2) is 18.1 Å². The second-order valence-corrected chi connectivity index (χ2v) is 7.12. The third-order valence-electron chi connectivity index (χ3n) is 4.39. The van der Waals surface area contributed by atoms with Gasteiger partial charge in [0.2, 0.25) is 0 Å². The quantitative estimate of drug-likeness (QED) is 0.867. The van der Waals surface area contributed by atoms with Crippen LogP contribution < -0.4 is 15.4 Å². The van der Waals surface area contributed by atoms with Crippen molar-refractivity contribution < 1.29 is 9.53 Å². The summed E-state index contributed by atoms with van der Waals surface area (Å²) in [5.41, 5.74) is 2.35. The number of thiazole rings is 1. The molecule has 0 spiro atoms. The molecule has 1 aliphatic rings. The Morgan fingerprint density at radius 3 is 3.04 bits per heavy atom. The minimum absolute atomic E-state index is 0.0322. The van der Waals surface area contributed by atoms with Crippen LogP contribution in [0.2, 0.25) is 0 Å². The summed E-state index contributed by atoms with van der Waals surface area (Å²) in [7, 11) is 1.68. The molecule has 0 aliphatic heterocycles. The van der Waals surface area contributed by atoms with Crippen LogP contribution in [0.5, 0.6) is 5.75 Å². The van der Waals surface area contributed by atoms with Crippen LogP contribution in [0.15, 0.2) is 24.4 Å². The van der Waals surface area contributed by atoms with Crippen molar-refractivity contribution in [2.45, 2.75) is 45.2 Å². The van der Waals surface area contributed by atoms with E-state index in [0.29, 0.717) is 0 Å². The number of urea groups is 1. The standard InChI is InChI=1S/C18H23N3O2S/c1-4-12-10-19-17(24-12)11(2)20-18(22)21-15-9-8-14-13(15)6-5-7-16(14)23-3/h5-7,10-11,15H,4,8-9H2,1-3H3,(H2,20,21,22)/t11-,15+/m0/s1. The molecule has 2 aromatic rings. The van der Waals surface area contributed by atoms with Crippen LogP contribution >= 0.6 is 11.3 Å². The number of fused-ring (bicyclic) bond motifs is 1. The smallest absolute Gasteiger partial charge is 0.315 e. The maximum absolute atomic E-state index is 12.3. The number of methoxy groups -OCH3 is 1. The number of hydrogen-bond donors (Lipinski definition) is 2. The van der Waals surface area contributed by atoms with E-state index < -0.39 is 0 Å². The molecule has 6 heteroatoms. The van der Waals surface area contributed by atoms with Gasteiger partial charge in [-0.2, -0.15) is 0 Å². The van der Waals surface area contributed by atoms with E-state index in [1.165, 1.54) is 10.4 Å². The third-order valence-corrected chi connectivity index (χ3v) is 5.72. The molecule has 24 heavy (non-hydrogen) atoms. The molecule has 1 aliphatic carbocycles. The van der Waals surface area contributed by atoms with E-state index in [4.69, 9.17) is 4.74 Å². The zero-order valence-corrected chi connectivity index (χ0v) is 15.1. The highest BCUT2D eigenvalue weighted by Gasteiger charge is 2.26. The molecular formula is C18H23N3O2S. The number of amides is 2. The van der Waals surface area contributed by atoms with E-state index in [1.807, 2.05) is 25.3 Å². The summed E-state index contributed by atoms with van der Waals surface area (Å²) >= 11 is 1.65. The maximum Gasteiger partial charge on any atom is 0.315 e. The molecule has 0 saturated heterocycles. The fourth-order valence-electron chi connectivity index (χ4n) is 3.11. The van der Waals surface area contributed by atoms with Gasteiger partial charge in [-0.1, -0.05) is 19.1 Å². The SMILES string of the molecule is CCc1cnc([C@H](C)NC(=O)N[C@@H]2CCc3c(OC)cccc32)s1. The van der Waals surface area contributed by atoms with Crippen molar-refractivity contribution in [3.63, 3.8) is 0 Å². The first-order chi connectivity index (χ1) is 11.6. The van der Waals surface area contributed by atoms with Crippen molar-refractivity contribution in [2.24, 2.45) is 0 Å². The Hall–Kier alpha value is -2.08. The second kappa shape index (κ2) is 7.21. The van der Waals surface area contributed by atoms with Crippen LogP contribution in [-0.2, 0) is 12.8 Å².